The number of aliphatic hydroxyl groups excluding tert-OH is 1. The number of ether oxygens (including phenoxy) is 1. The van der Waals surface area contributed by atoms with E-state index in [9.17, 15) is 9.90 Å². The SMILES string of the molecule is C=CC1=C(C(=C)O)N(CC2CC2)C(C(=O)OCC)C1. The van der Waals surface area contributed by atoms with Gasteiger partial charge in [-0.1, -0.05) is 19.2 Å². The minimum absolute atomic E-state index is 0.00217. The van der Waals surface area contributed by atoms with E-state index in [1.807, 2.05) is 4.90 Å². The van der Waals surface area contributed by atoms with Gasteiger partial charge in [0.25, 0.3) is 0 Å². The lowest BCUT2D eigenvalue weighted by Gasteiger charge is -2.28. The molecule has 2 rings (SSSR count). The molecular formula is C15H21NO3. The molecule has 1 atom stereocenters. The first-order valence-corrected chi connectivity index (χ1v) is 6.75. The van der Waals surface area contributed by atoms with Crippen molar-refractivity contribution in [3.05, 3.63) is 36.3 Å². The number of rotatable bonds is 6. The average molecular weight is 263 g/mol. The van der Waals surface area contributed by atoms with E-state index in [4.69, 9.17) is 4.74 Å². The summed E-state index contributed by atoms with van der Waals surface area (Å²) in [5.41, 5.74) is 1.52. The maximum absolute atomic E-state index is 12.1. The fourth-order valence-corrected chi connectivity index (χ4v) is 2.53. The first-order valence-electron chi connectivity index (χ1n) is 6.75. The topological polar surface area (TPSA) is 49.8 Å². The largest absolute Gasteiger partial charge is 0.506 e. The second-order valence-electron chi connectivity index (χ2n) is 5.09. The Morgan fingerprint density at radius 1 is 1.58 bits per heavy atom. The molecule has 1 unspecified atom stereocenters. The van der Waals surface area contributed by atoms with Crippen molar-refractivity contribution in [2.75, 3.05) is 13.2 Å². The monoisotopic (exact) mass is 263 g/mol. The van der Waals surface area contributed by atoms with Crippen molar-refractivity contribution < 1.29 is 14.6 Å². The summed E-state index contributed by atoms with van der Waals surface area (Å²) >= 11 is 0. The van der Waals surface area contributed by atoms with Crippen molar-refractivity contribution in [3.63, 3.8) is 0 Å². The molecule has 0 amide bonds. The van der Waals surface area contributed by atoms with E-state index in [-0.39, 0.29) is 17.8 Å². The zero-order valence-electron chi connectivity index (χ0n) is 11.4. The Bertz CT molecular complexity index is 435. The highest BCUT2D eigenvalue weighted by Gasteiger charge is 2.40. The number of allylic oxidation sites excluding steroid dienone is 1. The predicted octanol–water partition coefficient (Wildman–Crippen LogP) is 2.55. The third kappa shape index (κ3) is 2.83. The minimum atomic E-state index is -0.354. The summed E-state index contributed by atoms with van der Waals surface area (Å²) in [5, 5.41) is 9.79. The van der Waals surface area contributed by atoms with Crippen LogP contribution in [0.3, 0.4) is 0 Å². The Labute approximate surface area is 114 Å². The highest BCUT2D eigenvalue weighted by molar-refractivity contribution is 5.78. The van der Waals surface area contributed by atoms with Crippen LogP contribution in [0.4, 0.5) is 0 Å². The molecule has 0 aromatic heterocycles. The molecular weight excluding hydrogens is 242 g/mol. The van der Waals surface area contributed by atoms with Crippen LogP contribution in [-0.4, -0.2) is 35.2 Å². The van der Waals surface area contributed by atoms with Gasteiger partial charge in [-0.05, 0) is 31.3 Å². The molecule has 1 fully saturated rings. The summed E-state index contributed by atoms with van der Waals surface area (Å²) in [6.07, 6.45) is 4.58. The summed E-state index contributed by atoms with van der Waals surface area (Å²) in [6, 6.07) is -0.354. The Kier molecular flexibility index (Phi) is 3.98. The average Bonchev–Trinajstić information content (AvgIpc) is 3.08. The van der Waals surface area contributed by atoms with Gasteiger partial charge in [-0.3, -0.25) is 0 Å². The van der Waals surface area contributed by atoms with E-state index < -0.39 is 0 Å². The highest BCUT2D eigenvalue weighted by atomic mass is 16.5. The number of hydrogen-bond donors (Lipinski definition) is 1. The van der Waals surface area contributed by atoms with Gasteiger partial charge in [0.05, 0.1) is 12.3 Å². The lowest BCUT2D eigenvalue weighted by atomic mass is 10.1. The second kappa shape index (κ2) is 5.51. The first-order chi connectivity index (χ1) is 9.08. The Morgan fingerprint density at radius 3 is 2.74 bits per heavy atom. The first kappa shape index (κ1) is 13.7. The molecule has 1 saturated carbocycles. The summed E-state index contributed by atoms with van der Waals surface area (Å²) in [7, 11) is 0. The number of aliphatic hydroxyl groups is 1. The lowest BCUT2D eigenvalue weighted by molar-refractivity contribution is -0.148. The van der Waals surface area contributed by atoms with Gasteiger partial charge in [-0.2, -0.15) is 0 Å². The van der Waals surface area contributed by atoms with Crippen LogP contribution in [-0.2, 0) is 9.53 Å². The van der Waals surface area contributed by atoms with Gasteiger partial charge < -0.3 is 14.7 Å². The fourth-order valence-electron chi connectivity index (χ4n) is 2.53. The van der Waals surface area contributed by atoms with E-state index in [2.05, 4.69) is 13.2 Å². The molecule has 0 saturated heterocycles. The van der Waals surface area contributed by atoms with Gasteiger partial charge in [0.15, 0.2) is 0 Å². The normalized spacial score (nSPS) is 22.6. The molecule has 1 aliphatic heterocycles. The maximum atomic E-state index is 12.1. The van der Waals surface area contributed by atoms with Crippen LogP contribution in [0.2, 0.25) is 0 Å². The molecule has 1 heterocycles. The fraction of sp³-hybridized carbons (Fsp3) is 0.533. The van der Waals surface area contributed by atoms with Crippen molar-refractivity contribution in [2.45, 2.75) is 32.2 Å². The third-order valence-electron chi connectivity index (χ3n) is 3.61. The van der Waals surface area contributed by atoms with Crippen LogP contribution in [0.25, 0.3) is 0 Å². The van der Waals surface area contributed by atoms with E-state index >= 15 is 0 Å². The van der Waals surface area contributed by atoms with Crippen molar-refractivity contribution in [1.82, 2.24) is 4.90 Å². The maximum Gasteiger partial charge on any atom is 0.329 e. The van der Waals surface area contributed by atoms with Gasteiger partial charge in [0.2, 0.25) is 0 Å². The highest BCUT2D eigenvalue weighted by Crippen LogP contribution is 2.38. The predicted molar refractivity (Wildman–Crippen MR) is 73.5 cm³/mol. The molecule has 0 aromatic rings. The summed E-state index contributed by atoms with van der Waals surface area (Å²) in [6.45, 7) is 10.3. The van der Waals surface area contributed by atoms with E-state index in [0.29, 0.717) is 24.6 Å². The lowest BCUT2D eigenvalue weighted by Crippen LogP contribution is -2.39. The molecule has 2 aliphatic rings. The third-order valence-corrected chi connectivity index (χ3v) is 3.61. The van der Waals surface area contributed by atoms with E-state index in [1.165, 1.54) is 12.8 Å². The molecule has 0 spiro atoms. The van der Waals surface area contributed by atoms with Gasteiger partial charge in [-0.25, -0.2) is 4.79 Å². The number of nitrogens with zero attached hydrogens (tertiary/aromatic N) is 1. The van der Waals surface area contributed by atoms with Gasteiger partial charge in [0, 0.05) is 13.0 Å². The summed E-state index contributed by atoms with van der Waals surface area (Å²) in [5.74, 6) is 0.372. The van der Waals surface area contributed by atoms with Crippen molar-refractivity contribution >= 4 is 5.97 Å². The standard InChI is InChI=1S/C15H21NO3/c1-4-12-8-13(15(18)19-5-2)16(9-11-6-7-11)14(12)10(3)17/h4,11,13,17H,1,3,5-9H2,2H3. The number of carbonyl (C=O) groups is 1. The second-order valence-corrected chi connectivity index (χ2v) is 5.09. The molecule has 0 radical (unpaired) electrons. The quantitative estimate of drug-likeness (QED) is 0.591. The molecule has 0 aromatic carbocycles. The number of carbonyl (C=O) groups excluding carboxylic acids is 1. The van der Waals surface area contributed by atoms with Gasteiger partial charge >= 0.3 is 5.97 Å². The van der Waals surface area contributed by atoms with Crippen LogP contribution in [0, 0.1) is 5.92 Å². The van der Waals surface area contributed by atoms with Crippen LogP contribution >= 0.6 is 0 Å². The van der Waals surface area contributed by atoms with E-state index in [0.717, 1.165) is 12.1 Å². The van der Waals surface area contributed by atoms with Crippen LogP contribution in [0.1, 0.15) is 26.2 Å². The van der Waals surface area contributed by atoms with Gasteiger partial charge in [-0.15, -0.1) is 0 Å². The molecule has 104 valence electrons. The van der Waals surface area contributed by atoms with Crippen LogP contribution < -0.4 is 0 Å². The number of esters is 1. The minimum Gasteiger partial charge on any atom is -0.506 e. The Morgan fingerprint density at radius 2 is 2.26 bits per heavy atom. The van der Waals surface area contributed by atoms with Crippen LogP contribution in [0.15, 0.2) is 36.3 Å². The number of hydrogen-bond acceptors (Lipinski definition) is 4. The van der Waals surface area contributed by atoms with Crippen molar-refractivity contribution in [3.8, 4) is 0 Å². The smallest absolute Gasteiger partial charge is 0.329 e. The molecule has 4 heteroatoms. The van der Waals surface area contributed by atoms with Crippen molar-refractivity contribution in [2.24, 2.45) is 5.92 Å². The zero-order valence-corrected chi connectivity index (χ0v) is 11.4. The molecule has 0 bridgehead atoms. The molecule has 1 N–H and O–H groups in total. The van der Waals surface area contributed by atoms with E-state index in [1.54, 1.807) is 13.0 Å². The van der Waals surface area contributed by atoms with Crippen LogP contribution in [0.5, 0.6) is 0 Å². The Hall–Kier alpha value is -1.71. The zero-order chi connectivity index (χ0) is 14.0. The van der Waals surface area contributed by atoms with Gasteiger partial charge in [0.1, 0.15) is 11.8 Å². The van der Waals surface area contributed by atoms with Crippen molar-refractivity contribution in [1.29, 1.82) is 0 Å². The molecule has 1 aliphatic carbocycles. The summed E-state index contributed by atoms with van der Waals surface area (Å²) in [4.78, 5) is 14.0. The summed E-state index contributed by atoms with van der Waals surface area (Å²) < 4.78 is 5.13. The molecule has 19 heavy (non-hydrogen) atoms. The Balaban J connectivity index is 2.23. The molecule has 4 nitrogen and oxygen atoms in total.